The summed E-state index contributed by atoms with van der Waals surface area (Å²) in [6.07, 6.45) is -4.53. The highest BCUT2D eigenvalue weighted by Gasteiger charge is 2.38. The van der Waals surface area contributed by atoms with Gasteiger partial charge < -0.3 is 9.64 Å². The van der Waals surface area contributed by atoms with Gasteiger partial charge in [0.1, 0.15) is 0 Å². The number of hydrogen-bond donors (Lipinski definition) is 0. The molecule has 1 atom stereocenters. The van der Waals surface area contributed by atoms with Gasteiger partial charge >= 0.3 is 12.1 Å². The van der Waals surface area contributed by atoms with E-state index < -0.39 is 23.6 Å². The third-order valence-corrected chi connectivity index (χ3v) is 3.49. The van der Waals surface area contributed by atoms with E-state index in [-0.39, 0.29) is 24.6 Å². The molecule has 4 nitrogen and oxygen atoms in total. The summed E-state index contributed by atoms with van der Waals surface area (Å²) < 4.78 is 42.9. The molecular weight excluding hydrogens is 287 g/mol. The average Bonchev–Trinajstić information content (AvgIpc) is 2.79. The van der Waals surface area contributed by atoms with Gasteiger partial charge in [-0.25, -0.2) is 0 Å². The van der Waals surface area contributed by atoms with Gasteiger partial charge in [0, 0.05) is 18.7 Å². The number of anilines is 1. The third kappa shape index (κ3) is 3.01. The monoisotopic (exact) mass is 301 g/mol. The molecule has 0 radical (unpaired) electrons. The number of methoxy groups -OCH3 is 1. The van der Waals surface area contributed by atoms with Crippen molar-refractivity contribution in [2.24, 2.45) is 5.92 Å². The van der Waals surface area contributed by atoms with Gasteiger partial charge in [-0.15, -0.1) is 0 Å². The molecule has 2 rings (SSSR count). The minimum absolute atomic E-state index is 0.0354. The number of rotatable bonds is 2. The molecule has 1 aromatic carbocycles. The van der Waals surface area contributed by atoms with E-state index >= 15 is 0 Å². The van der Waals surface area contributed by atoms with Crippen LogP contribution in [0.3, 0.4) is 0 Å². The minimum Gasteiger partial charge on any atom is -0.469 e. The Morgan fingerprint density at radius 1 is 1.38 bits per heavy atom. The second-order valence-electron chi connectivity index (χ2n) is 4.93. The maximum Gasteiger partial charge on any atom is 0.416 e. The average molecular weight is 301 g/mol. The lowest BCUT2D eigenvalue weighted by Gasteiger charge is -2.20. The molecule has 0 saturated carbocycles. The number of carbonyl (C=O) groups is 2. The Balaban J connectivity index is 2.34. The van der Waals surface area contributed by atoms with Crippen LogP contribution in [0.15, 0.2) is 18.2 Å². The van der Waals surface area contributed by atoms with Crippen molar-refractivity contribution in [3.63, 3.8) is 0 Å². The molecule has 114 valence electrons. The zero-order valence-corrected chi connectivity index (χ0v) is 11.5. The summed E-state index contributed by atoms with van der Waals surface area (Å²) >= 11 is 0. The fourth-order valence-corrected chi connectivity index (χ4v) is 2.34. The lowest BCUT2D eigenvalue weighted by atomic mass is 10.1. The number of alkyl halides is 3. The van der Waals surface area contributed by atoms with Crippen molar-refractivity contribution in [2.45, 2.75) is 19.5 Å². The molecule has 1 aromatic rings. The molecule has 1 fully saturated rings. The van der Waals surface area contributed by atoms with Crippen molar-refractivity contribution < 1.29 is 27.5 Å². The number of ether oxygens (including phenoxy) is 1. The molecule has 1 saturated heterocycles. The van der Waals surface area contributed by atoms with Crippen molar-refractivity contribution in [3.8, 4) is 0 Å². The van der Waals surface area contributed by atoms with Crippen LogP contribution < -0.4 is 4.90 Å². The van der Waals surface area contributed by atoms with Gasteiger partial charge in [0.05, 0.1) is 18.6 Å². The first-order valence-corrected chi connectivity index (χ1v) is 6.30. The van der Waals surface area contributed by atoms with Crippen LogP contribution in [0.2, 0.25) is 0 Å². The number of benzene rings is 1. The molecule has 0 aliphatic carbocycles. The first-order valence-electron chi connectivity index (χ1n) is 6.30. The van der Waals surface area contributed by atoms with Crippen molar-refractivity contribution >= 4 is 17.6 Å². The van der Waals surface area contributed by atoms with Crippen LogP contribution in [0.5, 0.6) is 0 Å². The quantitative estimate of drug-likeness (QED) is 0.789. The molecular formula is C14H14F3NO3. The highest BCUT2D eigenvalue weighted by atomic mass is 19.4. The number of esters is 1. The van der Waals surface area contributed by atoms with Gasteiger partial charge in [0.25, 0.3) is 0 Å². The van der Waals surface area contributed by atoms with E-state index in [1.54, 1.807) is 6.92 Å². The highest BCUT2D eigenvalue weighted by molar-refractivity contribution is 6.00. The van der Waals surface area contributed by atoms with Gasteiger partial charge in [-0.1, -0.05) is 6.07 Å². The molecule has 0 bridgehead atoms. The van der Waals surface area contributed by atoms with Crippen LogP contribution in [0.1, 0.15) is 17.5 Å². The SMILES string of the molecule is COC(=O)C1CC(=O)N(c2cc(C(F)(F)F)ccc2C)C1. The Labute approximate surface area is 119 Å². The largest absolute Gasteiger partial charge is 0.469 e. The van der Waals surface area contributed by atoms with Gasteiger partial charge in [-0.3, -0.25) is 9.59 Å². The molecule has 1 aliphatic rings. The number of hydrogen-bond acceptors (Lipinski definition) is 3. The third-order valence-electron chi connectivity index (χ3n) is 3.49. The Hall–Kier alpha value is -2.05. The number of nitrogens with zero attached hydrogens (tertiary/aromatic N) is 1. The highest BCUT2D eigenvalue weighted by Crippen LogP contribution is 2.35. The van der Waals surface area contributed by atoms with Crippen LogP contribution >= 0.6 is 0 Å². The zero-order chi connectivity index (χ0) is 15.8. The maximum atomic E-state index is 12.8. The topological polar surface area (TPSA) is 46.6 Å². The lowest BCUT2D eigenvalue weighted by Crippen LogP contribution is -2.27. The molecule has 1 heterocycles. The van der Waals surface area contributed by atoms with E-state index in [1.807, 2.05) is 0 Å². The van der Waals surface area contributed by atoms with E-state index in [0.717, 1.165) is 12.1 Å². The van der Waals surface area contributed by atoms with Crippen molar-refractivity contribution in [1.29, 1.82) is 0 Å². The van der Waals surface area contributed by atoms with E-state index in [0.29, 0.717) is 5.56 Å². The molecule has 1 amide bonds. The molecule has 0 spiro atoms. The summed E-state index contributed by atoms with van der Waals surface area (Å²) in [7, 11) is 1.21. The standard InChI is InChI=1S/C14H14F3NO3/c1-8-3-4-10(14(15,16)17)6-11(8)18-7-9(5-12(18)19)13(20)21-2/h3-4,6,9H,5,7H2,1-2H3. The summed E-state index contributed by atoms with van der Waals surface area (Å²) in [5, 5.41) is 0. The first kappa shape index (κ1) is 15.3. The van der Waals surface area contributed by atoms with Crippen molar-refractivity contribution in [3.05, 3.63) is 29.3 Å². The second kappa shape index (κ2) is 5.38. The van der Waals surface area contributed by atoms with E-state index in [2.05, 4.69) is 4.74 Å². The van der Waals surface area contributed by atoms with Crippen LogP contribution in [-0.2, 0) is 20.5 Å². The molecule has 7 heteroatoms. The summed E-state index contributed by atoms with van der Waals surface area (Å²) in [6.45, 7) is 1.65. The number of aryl methyl sites for hydroxylation is 1. The fraction of sp³-hybridized carbons (Fsp3) is 0.429. The predicted molar refractivity (Wildman–Crippen MR) is 68.7 cm³/mol. The molecule has 0 N–H and O–H groups in total. The Morgan fingerprint density at radius 2 is 2.05 bits per heavy atom. The zero-order valence-electron chi connectivity index (χ0n) is 11.5. The number of carbonyl (C=O) groups excluding carboxylic acids is 2. The summed E-state index contributed by atoms with van der Waals surface area (Å²) in [5.41, 5.74) is -0.0967. The van der Waals surface area contributed by atoms with E-state index in [4.69, 9.17) is 0 Å². The molecule has 1 aliphatic heterocycles. The van der Waals surface area contributed by atoms with Crippen LogP contribution in [-0.4, -0.2) is 25.5 Å². The van der Waals surface area contributed by atoms with Crippen LogP contribution in [0, 0.1) is 12.8 Å². The fourth-order valence-electron chi connectivity index (χ4n) is 2.34. The Bertz CT molecular complexity index is 583. The van der Waals surface area contributed by atoms with Gasteiger partial charge in [-0.05, 0) is 24.6 Å². The molecule has 21 heavy (non-hydrogen) atoms. The van der Waals surface area contributed by atoms with Crippen molar-refractivity contribution in [1.82, 2.24) is 0 Å². The first-order chi connectivity index (χ1) is 9.74. The minimum atomic E-state index is -4.48. The van der Waals surface area contributed by atoms with Crippen molar-refractivity contribution in [2.75, 3.05) is 18.6 Å². The van der Waals surface area contributed by atoms with Gasteiger partial charge in [-0.2, -0.15) is 13.2 Å². The summed E-state index contributed by atoms with van der Waals surface area (Å²) in [5.74, 6) is -1.56. The van der Waals surface area contributed by atoms with Crippen LogP contribution in [0.4, 0.5) is 18.9 Å². The molecule has 1 unspecified atom stereocenters. The molecule has 0 aromatic heterocycles. The number of halogens is 3. The summed E-state index contributed by atoms with van der Waals surface area (Å²) in [4.78, 5) is 24.6. The normalized spacial score (nSPS) is 19.0. The van der Waals surface area contributed by atoms with Gasteiger partial charge in [0.2, 0.25) is 5.91 Å². The number of amides is 1. The predicted octanol–water partition coefficient (Wildman–Crippen LogP) is 2.54. The van der Waals surface area contributed by atoms with E-state index in [1.165, 1.54) is 18.1 Å². The lowest BCUT2D eigenvalue weighted by molar-refractivity contribution is -0.145. The van der Waals surface area contributed by atoms with E-state index in [9.17, 15) is 22.8 Å². The van der Waals surface area contributed by atoms with Crippen LogP contribution in [0.25, 0.3) is 0 Å². The second-order valence-corrected chi connectivity index (χ2v) is 4.93. The summed E-state index contributed by atoms with van der Waals surface area (Å²) in [6, 6.07) is 3.22. The maximum absolute atomic E-state index is 12.8. The Kier molecular flexibility index (Phi) is 3.93. The van der Waals surface area contributed by atoms with Gasteiger partial charge in [0.15, 0.2) is 0 Å². The Morgan fingerprint density at radius 3 is 2.62 bits per heavy atom. The smallest absolute Gasteiger partial charge is 0.416 e.